The van der Waals surface area contributed by atoms with Crippen LogP contribution in [0.25, 0.3) is 0 Å². The zero-order valence-corrected chi connectivity index (χ0v) is 11.0. The van der Waals surface area contributed by atoms with Crippen molar-refractivity contribution in [3.05, 3.63) is 29.3 Å². The number of piperidine rings is 1. The van der Waals surface area contributed by atoms with E-state index in [1.165, 1.54) is 25.7 Å². The number of hydrogen-bond acceptors (Lipinski definition) is 2. The molecular weight excluding hydrogens is 232 g/mol. The first-order valence-corrected chi connectivity index (χ1v) is 6.84. The summed E-state index contributed by atoms with van der Waals surface area (Å²) in [6.45, 7) is 0. The summed E-state index contributed by atoms with van der Waals surface area (Å²) in [6.07, 6.45) is 5.27. The topological polar surface area (TPSA) is 15.3 Å². The number of halogens is 1. The van der Waals surface area contributed by atoms with Gasteiger partial charge in [0, 0.05) is 28.8 Å². The van der Waals surface area contributed by atoms with Gasteiger partial charge in [-0.1, -0.05) is 17.7 Å². The van der Waals surface area contributed by atoms with Crippen LogP contribution < -0.4 is 5.32 Å². The van der Waals surface area contributed by atoms with Gasteiger partial charge < -0.3 is 10.2 Å². The van der Waals surface area contributed by atoms with Crippen molar-refractivity contribution < 1.29 is 0 Å². The van der Waals surface area contributed by atoms with Gasteiger partial charge in [-0.3, -0.25) is 0 Å². The van der Waals surface area contributed by atoms with E-state index in [1.807, 2.05) is 18.2 Å². The van der Waals surface area contributed by atoms with Crippen LogP contribution in [0, 0.1) is 0 Å². The predicted molar refractivity (Wildman–Crippen MR) is 72.7 cm³/mol. The van der Waals surface area contributed by atoms with Crippen LogP contribution in [0.3, 0.4) is 0 Å². The molecule has 2 bridgehead atoms. The molecule has 3 rings (SSSR count). The van der Waals surface area contributed by atoms with Crippen molar-refractivity contribution in [3.8, 4) is 0 Å². The SMILES string of the molecule is CN1C2CCC1CC(Nc1cccc(Cl)c1)C2. The third-order valence-electron chi connectivity index (χ3n) is 4.29. The molecular formula is C14H19ClN2. The molecule has 0 aliphatic carbocycles. The van der Waals surface area contributed by atoms with Crippen LogP contribution in [0.2, 0.25) is 5.02 Å². The zero-order valence-electron chi connectivity index (χ0n) is 10.2. The Kier molecular flexibility index (Phi) is 3.01. The highest BCUT2D eigenvalue weighted by Gasteiger charge is 2.38. The summed E-state index contributed by atoms with van der Waals surface area (Å²) >= 11 is 6.01. The average molecular weight is 251 g/mol. The molecule has 0 aromatic heterocycles. The van der Waals surface area contributed by atoms with Crippen molar-refractivity contribution >= 4 is 17.3 Å². The van der Waals surface area contributed by atoms with Gasteiger partial charge in [-0.2, -0.15) is 0 Å². The van der Waals surface area contributed by atoms with Crippen LogP contribution in [0.4, 0.5) is 5.69 Å². The highest BCUT2D eigenvalue weighted by atomic mass is 35.5. The van der Waals surface area contributed by atoms with Crippen LogP contribution in [0.5, 0.6) is 0 Å². The highest BCUT2D eigenvalue weighted by molar-refractivity contribution is 6.30. The van der Waals surface area contributed by atoms with Gasteiger partial charge >= 0.3 is 0 Å². The van der Waals surface area contributed by atoms with Gasteiger partial charge in [0.05, 0.1) is 0 Å². The lowest BCUT2D eigenvalue weighted by Gasteiger charge is -2.37. The monoisotopic (exact) mass is 250 g/mol. The molecule has 2 fully saturated rings. The molecule has 2 unspecified atom stereocenters. The first kappa shape index (κ1) is 11.4. The fourth-order valence-electron chi connectivity index (χ4n) is 3.34. The summed E-state index contributed by atoms with van der Waals surface area (Å²) in [5.41, 5.74) is 1.16. The molecule has 92 valence electrons. The van der Waals surface area contributed by atoms with Gasteiger partial charge in [0.15, 0.2) is 0 Å². The predicted octanol–water partition coefficient (Wildman–Crippen LogP) is 3.38. The second-order valence-electron chi connectivity index (χ2n) is 5.37. The Hall–Kier alpha value is -0.730. The summed E-state index contributed by atoms with van der Waals surface area (Å²) in [5, 5.41) is 4.44. The Morgan fingerprint density at radius 3 is 2.59 bits per heavy atom. The molecule has 1 aromatic rings. The van der Waals surface area contributed by atoms with E-state index in [-0.39, 0.29) is 0 Å². The van der Waals surface area contributed by atoms with Crippen molar-refractivity contribution in [3.63, 3.8) is 0 Å². The minimum atomic E-state index is 0.613. The maximum absolute atomic E-state index is 6.01. The number of anilines is 1. The van der Waals surface area contributed by atoms with Crippen LogP contribution in [-0.2, 0) is 0 Å². The van der Waals surface area contributed by atoms with E-state index in [4.69, 9.17) is 11.6 Å². The van der Waals surface area contributed by atoms with Gasteiger partial charge in [0.1, 0.15) is 0 Å². The number of benzene rings is 1. The molecule has 2 atom stereocenters. The minimum absolute atomic E-state index is 0.613. The lowest BCUT2D eigenvalue weighted by atomic mass is 9.98. The average Bonchev–Trinajstić information content (AvgIpc) is 2.52. The smallest absolute Gasteiger partial charge is 0.0426 e. The Bertz CT molecular complexity index is 393. The van der Waals surface area contributed by atoms with E-state index in [0.717, 1.165) is 22.8 Å². The summed E-state index contributed by atoms with van der Waals surface area (Å²) < 4.78 is 0. The van der Waals surface area contributed by atoms with E-state index in [1.54, 1.807) is 0 Å². The lowest BCUT2D eigenvalue weighted by molar-refractivity contribution is 0.169. The number of fused-ring (bicyclic) bond motifs is 2. The van der Waals surface area contributed by atoms with E-state index in [9.17, 15) is 0 Å². The largest absolute Gasteiger partial charge is 0.382 e. The van der Waals surface area contributed by atoms with E-state index >= 15 is 0 Å². The third-order valence-corrected chi connectivity index (χ3v) is 4.53. The maximum Gasteiger partial charge on any atom is 0.0426 e. The molecule has 2 nitrogen and oxygen atoms in total. The van der Waals surface area contributed by atoms with Crippen molar-refractivity contribution in [1.82, 2.24) is 4.90 Å². The number of hydrogen-bond donors (Lipinski definition) is 1. The minimum Gasteiger partial charge on any atom is -0.382 e. The molecule has 2 heterocycles. The van der Waals surface area contributed by atoms with Crippen LogP contribution >= 0.6 is 11.6 Å². The second kappa shape index (κ2) is 4.51. The molecule has 2 aliphatic rings. The van der Waals surface area contributed by atoms with Crippen LogP contribution in [-0.4, -0.2) is 30.1 Å². The summed E-state index contributed by atoms with van der Waals surface area (Å²) in [5.74, 6) is 0. The fourth-order valence-corrected chi connectivity index (χ4v) is 3.53. The Labute approximate surface area is 108 Å². The van der Waals surface area contributed by atoms with Gasteiger partial charge in [-0.25, -0.2) is 0 Å². The maximum atomic E-state index is 6.01. The number of nitrogens with one attached hydrogen (secondary N) is 1. The van der Waals surface area contributed by atoms with Crippen molar-refractivity contribution in [2.24, 2.45) is 0 Å². The fraction of sp³-hybridized carbons (Fsp3) is 0.571. The standard InChI is InChI=1S/C14H19ClN2/c1-17-13-5-6-14(17)9-12(8-13)16-11-4-2-3-10(15)7-11/h2-4,7,12-14,16H,5-6,8-9H2,1H3. The lowest BCUT2D eigenvalue weighted by Crippen LogP contribution is -2.44. The summed E-state index contributed by atoms with van der Waals surface area (Å²) in [4.78, 5) is 2.57. The van der Waals surface area contributed by atoms with Gasteiger partial charge in [0.2, 0.25) is 0 Å². The Morgan fingerprint density at radius 2 is 1.94 bits per heavy atom. The summed E-state index contributed by atoms with van der Waals surface area (Å²) in [6, 6.07) is 10.2. The van der Waals surface area contributed by atoms with Gasteiger partial charge in [0.25, 0.3) is 0 Å². The summed E-state index contributed by atoms with van der Waals surface area (Å²) in [7, 11) is 2.28. The normalized spacial score (nSPS) is 32.7. The van der Waals surface area contributed by atoms with E-state index < -0.39 is 0 Å². The molecule has 2 saturated heterocycles. The Balaban J connectivity index is 1.67. The quantitative estimate of drug-likeness (QED) is 0.866. The van der Waals surface area contributed by atoms with Crippen molar-refractivity contribution in [2.75, 3.05) is 12.4 Å². The van der Waals surface area contributed by atoms with Gasteiger partial charge in [-0.15, -0.1) is 0 Å². The number of nitrogens with zero attached hydrogens (tertiary/aromatic N) is 1. The molecule has 1 aromatic carbocycles. The van der Waals surface area contributed by atoms with Crippen LogP contribution in [0.15, 0.2) is 24.3 Å². The molecule has 17 heavy (non-hydrogen) atoms. The highest BCUT2D eigenvalue weighted by Crippen LogP contribution is 2.35. The van der Waals surface area contributed by atoms with E-state index in [2.05, 4.69) is 23.3 Å². The van der Waals surface area contributed by atoms with Crippen molar-refractivity contribution in [2.45, 2.75) is 43.8 Å². The molecule has 0 radical (unpaired) electrons. The van der Waals surface area contributed by atoms with Crippen molar-refractivity contribution in [1.29, 1.82) is 0 Å². The number of rotatable bonds is 2. The first-order valence-electron chi connectivity index (χ1n) is 6.46. The van der Waals surface area contributed by atoms with E-state index in [0.29, 0.717) is 6.04 Å². The third kappa shape index (κ3) is 2.29. The van der Waals surface area contributed by atoms with Crippen LogP contribution in [0.1, 0.15) is 25.7 Å². The molecule has 3 heteroatoms. The molecule has 0 saturated carbocycles. The Morgan fingerprint density at radius 1 is 1.24 bits per heavy atom. The van der Waals surface area contributed by atoms with Gasteiger partial charge in [-0.05, 0) is 50.9 Å². The molecule has 2 aliphatic heterocycles. The zero-order chi connectivity index (χ0) is 11.8. The molecule has 0 amide bonds. The molecule has 0 spiro atoms. The second-order valence-corrected chi connectivity index (χ2v) is 5.81. The first-order chi connectivity index (χ1) is 8.22. The molecule has 1 N–H and O–H groups in total.